The average Bonchev–Trinajstić information content (AvgIpc) is 2.82. The number of halogens is 4. The number of anilines is 1. The van der Waals surface area contributed by atoms with Crippen LogP contribution in [-0.2, 0) is 10.9 Å². The molecule has 3 aromatic rings. The maximum absolute atomic E-state index is 13.9. The van der Waals surface area contributed by atoms with Crippen LogP contribution in [0.3, 0.4) is 0 Å². The largest absolute Gasteiger partial charge is 0.419 e. The van der Waals surface area contributed by atoms with Gasteiger partial charge in [0.1, 0.15) is 5.69 Å². The summed E-state index contributed by atoms with van der Waals surface area (Å²) in [4.78, 5) is 35.9. The van der Waals surface area contributed by atoms with Crippen molar-refractivity contribution in [3.8, 4) is 11.4 Å². The van der Waals surface area contributed by atoms with Crippen LogP contribution in [0.4, 0.5) is 19.1 Å². The summed E-state index contributed by atoms with van der Waals surface area (Å²) in [6.45, 7) is 5.77. The molecule has 0 bridgehead atoms. The van der Waals surface area contributed by atoms with E-state index in [2.05, 4.69) is 30.2 Å². The summed E-state index contributed by atoms with van der Waals surface area (Å²) in [6.07, 6.45) is -0.718. The van der Waals surface area contributed by atoms with Crippen molar-refractivity contribution < 1.29 is 22.7 Å². The maximum Gasteiger partial charge on any atom is 0.419 e. The Morgan fingerprint density at radius 2 is 1.86 bits per heavy atom. The quantitative estimate of drug-likeness (QED) is 0.536. The molecule has 36 heavy (non-hydrogen) atoms. The molecule has 1 saturated heterocycles. The number of carbonyl (C=O) groups excluding carboxylic acids is 1. The van der Waals surface area contributed by atoms with E-state index in [1.807, 2.05) is 13.8 Å². The summed E-state index contributed by atoms with van der Waals surface area (Å²) in [7, 11) is 0. The fraction of sp³-hybridized carbons (Fsp3) is 0.391. The molecule has 1 aliphatic heterocycles. The Kier molecular flexibility index (Phi) is 7.36. The van der Waals surface area contributed by atoms with Gasteiger partial charge in [0.25, 0.3) is 5.91 Å². The number of nitrogens with one attached hydrogen (secondary N) is 1. The minimum Gasteiger partial charge on any atom is -0.372 e. The molecule has 13 heteroatoms. The summed E-state index contributed by atoms with van der Waals surface area (Å²) >= 11 is 6.51. The van der Waals surface area contributed by atoms with E-state index in [4.69, 9.17) is 16.3 Å². The minimum absolute atomic E-state index is 0.00341. The van der Waals surface area contributed by atoms with Crippen molar-refractivity contribution in [3.05, 3.63) is 58.9 Å². The second-order valence-electron chi connectivity index (χ2n) is 8.39. The van der Waals surface area contributed by atoms with Gasteiger partial charge in [0, 0.05) is 43.6 Å². The highest BCUT2D eigenvalue weighted by Gasteiger charge is 2.38. The van der Waals surface area contributed by atoms with Gasteiger partial charge in [-0.2, -0.15) is 13.2 Å². The minimum atomic E-state index is -4.54. The Morgan fingerprint density at radius 3 is 2.50 bits per heavy atom. The van der Waals surface area contributed by atoms with Gasteiger partial charge in [0.2, 0.25) is 5.95 Å². The zero-order valence-electron chi connectivity index (χ0n) is 19.6. The molecule has 0 spiro atoms. The smallest absolute Gasteiger partial charge is 0.372 e. The SMILES string of the molecule is Cc1cc(Cl)c(-c2ncccn2)c(C(=O)N2C[C@@H](C)O[C@@H](C)[C@H]2CNc2ncc(C(F)(F)F)cn2)n1. The normalized spacial score (nSPS) is 20.3. The molecule has 3 atom stereocenters. The molecule has 4 heterocycles. The van der Waals surface area contributed by atoms with E-state index >= 15 is 0 Å². The number of nitrogens with zero attached hydrogens (tertiary/aromatic N) is 6. The molecule has 1 N–H and O–H groups in total. The Bertz CT molecular complexity index is 1230. The second-order valence-corrected chi connectivity index (χ2v) is 8.80. The summed E-state index contributed by atoms with van der Waals surface area (Å²) in [6, 6.07) is 2.78. The van der Waals surface area contributed by atoms with Crippen molar-refractivity contribution in [3.63, 3.8) is 0 Å². The Labute approximate surface area is 210 Å². The first-order valence-electron chi connectivity index (χ1n) is 11.1. The van der Waals surface area contributed by atoms with Gasteiger partial charge in [-0.25, -0.2) is 24.9 Å². The van der Waals surface area contributed by atoms with Crippen molar-refractivity contribution >= 4 is 23.5 Å². The lowest BCUT2D eigenvalue weighted by Gasteiger charge is -2.42. The van der Waals surface area contributed by atoms with E-state index < -0.39 is 29.8 Å². The van der Waals surface area contributed by atoms with Gasteiger partial charge in [0.15, 0.2) is 5.82 Å². The van der Waals surface area contributed by atoms with Gasteiger partial charge in [-0.05, 0) is 32.9 Å². The first-order valence-corrected chi connectivity index (χ1v) is 11.5. The van der Waals surface area contributed by atoms with Crippen molar-refractivity contribution in [1.29, 1.82) is 0 Å². The molecular weight excluding hydrogens is 499 g/mol. The van der Waals surface area contributed by atoms with Gasteiger partial charge in [0.05, 0.1) is 34.4 Å². The molecule has 1 aliphatic rings. The molecule has 0 unspecified atom stereocenters. The highest BCUT2D eigenvalue weighted by Crippen LogP contribution is 2.31. The van der Waals surface area contributed by atoms with Crippen molar-refractivity contribution in [2.24, 2.45) is 0 Å². The first kappa shape index (κ1) is 25.7. The molecule has 1 fully saturated rings. The summed E-state index contributed by atoms with van der Waals surface area (Å²) in [5.41, 5.74) is 0.0112. The van der Waals surface area contributed by atoms with Crippen molar-refractivity contribution in [2.45, 2.75) is 45.2 Å². The number of carbonyl (C=O) groups is 1. The van der Waals surface area contributed by atoms with E-state index in [0.29, 0.717) is 28.7 Å². The molecule has 4 rings (SSSR count). The Morgan fingerprint density at radius 1 is 1.19 bits per heavy atom. The van der Waals surface area contributed by atoms with Crippen LogP contribution in [0.2, 0.25) is 5.02 Å². The summed E-state index contributed by atoms with van der Waals surface area (Å²) < 4.78 is 44.4. The third-order valence-corrected chi connectivity index (χ3v) is 5.94. The van der Waals surface area contributed by atoms with Crippen LogP contribution in [-0.4, -0.2) is 67.1 Å². The lowest BCUT2D eigenvalue weighted by atomic mass is 10.0. The number of hydrogen-bond donors (Lipinski definition) is 1. The number of ether oxygens (including phenoxy) is 1. The predicted octanol–water partition coefficient (Wildman–Crippen LogP) is 4.04. The number of hydrogen-bond acceptors (Lipinski definition) is 8. The number of rotatable bonds is 5. The third-order valence-electron chi connectivity index (χ3n) is 5.64. The van der Waals surface area contributed by atoms with Gasteiger partial charge in [-0.1, -0.05) is 11.6 Å². The molecule has 3 aromatic heterocycles. The van der Waals surface area contributed by atoms with Gasteiger partial charge < -0.3 is 15.0 Å². The molecule has 190 valence electrons. The molecule has 0 aliphatic carbocycles. The fourth-order valence-electron chi connectivity index (χ4n) is 4.00. The van der Waals surface area contributed by atoms with Crippen LogP contribution in [0.5, 0.6) is 0 Å². The molecule has 0 aromatic carbocycles. The fourth-order valence-corrected chi connectivity index (χ4v) is 4.33. The highest BCUT2D eigenvalue weighted by molar-refractivity contribution is 6.34. The van der Waals surface area contributed by atoms with Crippen LogP contribution >= 0.6 is 11.6 Å². The predicted molar refractivity (Wildman–Crippen MR) is 125 cm³/mol. The highest BCUT2D eigenvalue weighted by atomic mass is 35.5. The van der Waals surface area contributed by atoms with Crippen LogP contribution < -0.4 is 5.32 Å². The van der Waals surface area contributed by atoms with Gasteiger partial charge >= 0.3 is 6.18 Å². The number of aryl methyl sites for hydroxylation is 1. The lowest BCUT2D eigenvalue weighted by molar-refractivity contribution is -0.138. The van der Waals surface area contributed by atoms with Crippen molar-refractivity contribution in [1.82, 2.24) is 29.8 Å². The lowest BCUT2D eigenvalue weighted by Crippen LogP contribution is -2.58. The molecular formula is C23H23ClF3N7O2. The molecule has 0 saturated carbocycles. The van der Waals surface area contributed by atoms with Gasteiger partial charge in [-0.3, -0.25) is 4.79 Å². The van der Waals surface area contributed by atoms with Crippen molar-refractivity contribution in [2.75, 3.05) is 18.4 Å². The van der Waals surface area contributed by atoms with E-state index in [9.17, 15) is 18.0 Å². The molecule has 9 nitrogen and oxygen atoms in total. The van der Waals surface area contributed by atoms with Crippen LogP contribution in [0.25, 0.3) is 11.4 Å². The topological polar surface area (TPSA) is 106 Å². The monoisotopic (exact) mass is 521 g/mol. The zero-order valence-corrected chi connectivity index (χ0v) is 20.4. The number of alkyl halides is 3. The molecule has 1 amide bonds. The first-order chi connectivity index (χ1) is 17.0. The van der Waals surface area contributed by atoms with Gasteiger partial charge in [-0.15, -0.1) is 0 Å². The number of aromatic nitrogens is 5. The van der Waals surface area contributed by atoms with Crippen LogP contribution in [0.1, 0.15) is 35.6 Å². The number of morpholine rings is 1. The van der Waals surface area contributed by atoms with Crippen LogP contribution in [0.15, 0.2) is 36.9 Å². The number of pyridine rings is 1. The summed E-state index contributed by atoms with van der Waals surface area (Å²) in [5, 5.41) is 3.20. The van der Waals surface area contributed by atoms with E-state index in [0.717, 1.165) is 0 Å². The van der Waals surface area contributed by atoms with E-state index in [1.165, 1.54) is 0 Å². The summed E-state index contributed by atoms with van der Waals surface area (Å²) in [5.74, 6) is -0.137. The Balaban J connectivity index is 1.63. The number of amides is 1. The Hall–Kier alpha value is -3.38. The average molecular weight is 522 g/mol. The standard InChI is InChI=1S/C23H23ClF3N7O2/c1-12-7-16(24)18(20-28-5-4-6-29-20)19(33-12)21(35)34-11-13(2)36-14(3)17(34)10-32-22-30-8-15(9-31-22)23(25,26)27/h4-9,13-14,17H,10-11H2,1-3H3,(H,30,31,32)/t13-,14+,17-/m1/s1. The van der Waals surface area contributed by atoms with E-state index in [-0.39, 0.29) is 36.7 Å². The molecule has 0 radical (unpaired) electrons. The van der Waals surface area contributed by atoms with E-state index in [1.54, 1.807) is 36.4 Å². The second kappa shape index (κ2) is 10.3. The third kappa shape index (κ3) is 5.54. The van der Waals surface area contributed by atoms with Crippen LogP contribution in [0, 0.1) is 6.92 Å². The zero-order chi connectivity index (χ0) is 26.0. The maximum atomic E-state index is 13.9.